The molecule has 2 nitrogen and oxygen atoms in total. The fourth-order valence-corrected chi connectivity index (χ4v) is 2.11. The van der Waals surface area contributed by atoms with Crippen molar-refractivity contribution in [1.82, 2.24) is 0 Å². The molecule has 2 rings (SSSR count). The van der Waals surface area contributed by atoms with Crippen molar-refractivity contribution in [3.63, 3.8) is 0 Å². The summed E-state index contributed by atoms with van der Waals surface area (Å²) in [4.78, 5) is 1.46. The predicted molar refractivity (Wildman–Crippen MR) is 76.2 cm³/mol. The normalized spacial score (nSPS) is 10.7. The van der Waals surface area contributed by atoms with Gasteiger partial charge in [0, 0.05) is 12.7 Å². The molecule has 0 aliphatic heterocycles. The molecule has 0 fully saturated rings. The lowest BCUT2D eigenvalue weighted by Gasteiger charge is -2.21. The van der Waals surface area contributed by atoms with E-state index in [4.69, 9.17) is 5.11 Å². The lowest BCUT2D eigenvalue weighted by Crippen LogP contribution is -2.13. The molecule has 0 atom stereocenters. The van der Waals surface area contributed by atoms with Crippen LogP contribution in [-0.4, -0.2) is 12.2 Å². The van der Waals surface area contributed by atoms with Crippen LogP contribution in [0.15, 0.2) is 36.4 Å². The van der Waals surface area contributed by atoms with Gasteiger partial charge in [-0.2, -0.15) is 0 Å². The Bertz CT molecular complexity index is 573. The Morgan fingerprint density at radius 3 is 2.00 bits per heavy atom. The van der Waals surface area contributed by atoms with Gasteiger partial charge in [-0.15, -0.1) is 0 Å². The summed E-state index contributed by atoms with van der Waals surface area (Å²) in [6.07, 6.45) is 0.915. The van der Waals surface area contributed by atoms with Crippen LogP contribution in [0.25, 0.3) is 0 Å². The Balaban J connectivity index is 2.39. The van der Waals surface area contributed by atoms with E-state index in [9.17, 15) is 8.78 Å². The van der Waals surface area contributed by atoms with Crippen LogP contribution in [0.4, 0.5) is 20.2 Å². The quantitative estimate of drug-likeness (QED) is 0.919. The summed E-state index contributed by atoms with van der Waals surface area (Å²) < 4.78 is 28.0. The molecule has 0 aromatic heterocycles. The average molecular weight is 277 g/mol. The number of aliphatic hydroxyl groups excluding tert-OH is 1. The highest BCUT2D eigenvalue weighted by atomic mass is 19.1. The summed E-state index contributed by atoms with van der Waals surface area (Å²) in [7, 11) is 1.61. The summed E-state index contributed by atoms with van der Waals surface area (Å²) in [6.45, 7) is 1.66. The summed E-state index contributed by atoms with van der Waals surface area (Å²) in [5, 5.41) is 8.94. The van der Waals surface area contributed by atoms with Crippen molar-refractivity contribution >= 4 is 11.4 Å². The maximum atomic E-state index is 14.0. The Morgan fingerprint density at radius 1 is 1.00 bits per heavy atom. The summed E-state index contributed by atoms with van der Waals surface area (Å²) in [6, 6.07) is 9.83. The first-order valence-corrected chi connectivity index (χ1v) is 6.48. The fraction of sp³-hybridized carbons (Fsp3) is 0.250. The highest BCUT2D eigenvalue weighted by Crippen LogP contribution is 2.30. The minimum absolute atomic E-state index is 0.119. The van der Waals surface area contributed by atoms with E-state index in [-0.39, 0.29) is 17.9 Å². The molecular formula is C16H17F2NO. The standard InChI is InChI=1S/C16H17F2NO/c1-3-11-4-6-13(7-5-11)19(2)16-14(17)8-12(10-20)9-15(16)18/h4-9,20H,3,10H2,1-2H3. The molecule has 0 amide bonds. The Kier molecular flexibility index (Phi) is 4.35. The molecule has 0 radical (unpaired) electrons. The number of hydrogen-bond donors (Lipinski definition) is 1. The lowest BCUT2D eigenvalue weighted by atomic mass is 10.1. The van der Waals surface area contributed by atoms with Gasteiger partial charge < -0.3 is 10.0 Å². The first-order valence-electron chi connectivity index (χ1n) is 6.48. The van der Waals surface area contributed by atoms with E-state index in [1.165, 1.54) is 10.5 Å². The SMILES string of the molecule is CCc1ccc(N(C)c2c(F)cc(CO)cc2F)cc1. The zero-order valence-corrected chi connectivity index (χ0v) is 11.5. The van der Waals surface area contributed by atoms with Gasteiger partial charge in [-0.25, -0.2) is 8.78 Å². The number of aryl methyl sites for hydroxylation is 1. The first-order chi connectivity index (χ1) is 9.56. The van der Waals surface area contributed by atoms with Gasteiger partial charge in [0.1, 0.15) is 17.3 Å². The second kappa shape index (κ2) is 6.01. The molecule has 0 bridgehead atoms. The first kappa shape index (κ1) is 14.5. The van der Waals surface area contributed by atoms with Gasteiger partial charge in [-0.1, -0.05) is 19.1 Å². The molecule has 0 unspecified atom stereocenters. The molecule has 106 valence electrons. The van der Waals surface area contributed by atoms with E-state index >= 15 is 0 Å². The van der Waals surface area contributed by atoms with E-state index in [1.54, 1.807) is 7.05 Å². The Hall–Kier alpha value is -1.94. The smallest absolute Gasteiger partial charge is 0.150 e. The molecule has 0 spiro atoms. The van der Waals surface area contributed by atoms with Crippen molar-refractivity contribution in [1.29, 1.82) is 0 Å². The van der Waals surface area contributed by atoms with Gasteiger partial charge in [-0.3, -0.25) is 0 Å². The van der Waals surface area contributed by atoms with Crippen LogP contribution in [0.1, 0.15) is 18.1 Å². The van der Waals surface area contributed by atoms with Crippen molar-refractivity contribution in [3.8, 4) is 0 Å². The number of anilines is 2. The Labute approximate surface area is 117 Å². The van der Waals surface area contributed by atoms with Crippen LogP contribution in [0, 0.1) is 11.6 Å². The van der Waals surface area contributed by atoms with Crippen LogP contribution in [0.3, 0.4) is 0 Å². The number of hydrogen-bond acceptors (Lipinski definition) is 2. The molecule has 4 heteroatoms. The monoisotopic (exact) mass is 277 g/mol. The molecule has 0 aliphatic carbocycles. The topological polar surface area (TPSA) is 23.5 Å². The largest absolute Gasteiger partial charge is 0.392 e. The van der Waals surface area contributed by atoms with Crippen molar-refractivity contribution in [2.45, 2.75) is 20.0 Å². The van der Waals surface area contributed by atoms with Crippen LogP contribution < -0.4 is 4.90 Å². The third-order valence-electron chi connectivity index (χ3n) is 3.33. The number of rotatable bonds is 4. The third-order valence-corrected chi connectivity index (χ3v) is 3.33. The van der Waals surface area contributed by atoms with E-state index in [1.807, 2.05) is 31.2 Å². The van der Waals surface area contributed by atoms with Gasteiger partial charge in [0.25, 0.3) is 0 Å². The van der Waals surface area contributed by atoms with Gasteiger partial charge >= 0.3 is 0 Å². The molecule has 0 saturated carbocycles. The van der Waals surface area contributed by atoms with Gasteiger partial charge in [0.05, 0.1) is 6.61 Å². The van der Waals surface area contributed by atoms with Crippen LogP contribution in [0.5, 0.6) is 0 Å². The maximum Gasteiger partial charge on any atom is 0.150 e. The maximum absolute atomic E-state index is 14.0. The van der Waals surface area contributed by atoms with E-state index < -0.39 is 11.6 Å². The summed E-state index contributed by atoms with van der Waals surface area (Å²) in [5.41, 5.74) is 1.97. The second-order valence-electron chi connectivity index (χ2n) is 4.65. The molecular weight excluding hydrogens is 260 g/mol. The zero-order chi connectivity index (χ0) is 14.7. The van der Waals surface area contributed by atoms with Crippen molar-refractivity contribution in [3.05, 3.63) is 59.2 Å². The van der Waals surface area contributed by atoms with Gasteiger partial charge in [0.15, 0.2) is 0 Å². The van der Waals surface area contributed by atoms with Crippen LogP contribution >= 0.6 is 0 Å². The average Bonchev–Trinajstić information content (AvgIpc) is 2.46. The molecule has 0 saturated heterocycles. The number of benzene rings is 2. The number of halogens is 2. The molecule has 0 aliphatic rings. The van der Waals surface area contributed by atoms with E-state index in [2.05, 4.69) is 0 Å². The number of nitrogens with zero attached hydrogens (tertiary/aromatic N) is 1. The lowest BCUT2D eigenvalue weighted by molar-refractivity contribution is 0.280. The minimum Gasteiger partial charge on any atom is -0.392 e. The molecule has 1 N–H and O–H groups in total. The minimum atomic E-state index is -0.684. The van der Waals surface area contributed by atoms with E-state index in [0.29, 0.717) is 5.69 Å². The number of aliphatic hydroxyl groups is 1. The molecule has 2 aromatic carbocycles. The van der Waals surface area contributed by atoms with Crippen molar-refractivity contribution in [2.24, 2.45) is 0 Å². The Morgan fingerprint density at radius 2 is 1.55 bits per heavy atom. The summed E-state index contributed by atoms with van der Waals surface area (Å²) in [5.74, 6) is -1.37. The predicted octanol–water partition coefficient (Wildman–Crippen LogP) is 3.79. The second-order valence-corrected chi connectivity index (χ2v) is 4.65. The fourth-order valence-electron chi connectivity index (χ4n) is 2.11. The molecule has 2 aromatic rings. The van der Waals surface area contributed by atoms with Gasteiger partial charge in [-0.05, 0) is 41.8 Å². The molecule has 20 heavy (non-hydrogen) atoms. The van der Waals surface area contributed by atoms with Crippen LogP contribution in [-0.2, 0) is 13.0 Å². The zero-order valence-electron chi connectivity index (χ0n) is 11.5. The van der Waals surface area contributed by atoms with Crippen molar-refractivity contribution in [2.75, 3.05) is 11.9 Å². The van der Waals surface area contributed by atoms with E-state index in [0.717, 1.165) is 18.6 Å². The highest BCUT2D eigenvalue weighted by Gasteiger charge is 2.16. The van der Waals surface area contributed by atoms with Crippen LogP contribution in [0.2, 0.25) is 0 Å². The van der Waals surface area contributed by atoms with Crippen molar-refractivity contribution < 1.29 is 13.9 Å². The molecule has 0 heterocycles. The van der Waals surface area contributed by atoms with Gasteiger partial charge in [0.2, 0.25) is 0 Å². The third kappa shape index (κ3) is 2.80. The highest BCUT2D eigenvalue weighted by molar-refractivity contribution is 5.64. The summed E-state index contributed by atoms with van der Waals surface area (Å²) >= 11 is 0.